The maximum Gasteiger partial charge on any atom is 0.341 e. The van der Waals surface area contributed by atoms with E-state index in [2.05, 4.69) is 48.3 Å². The number of nitrogens with zero attached hydrogens (tertiary/aromatic N) is 1. The Kier molecular flexibility index (Phi) is 12.1. The Morgan fingerprint density at radius 3 is 2.62 bits per heavy atom. The molecule has 0 bridgehead atoms. The minimum Gasteiger partial charge on any atom is -0.493 e. The summed E-state index contributed by atoms with van der Waals surface area (Å²) < 4.78 is 16.2. The molecule has 0 aromatic heterocycles. The second-order valence-corrected chi connectivity index (χ2v) is 10.7. The highest BCUT2D eigenvalue weighted by molar-refractivity contribution is 5.93. The summed E-state index contributed by atoms with van der Waals surface area (Å²) in [4.78, 5) is 28.2. The molecule has 1 aliphatic heterocycles. The SMILES string of the molecule is CCOC(=O)c1ccc(CC(=O)NC(CC(C)C)c2ccccc2N2CCCC(CCOC)C2)cc1OCC. The molecule has 214 valence electrons. The van der Waals surface area contributed by atoms with Crippen LogP contribution in [0.4, 0.5) is 5.69 Å². The predicted molar refractivity (Wildman–Crippen MR) is 155 cm³/mol. The average Bonchev–Trinajstić information content (AvgIpc) is 2.92. The minimum absolute atomic E-state index is 0.0570. The standard InChI is InChI=1S/C32H46N2O5/c1-6-38-30-20-25(14-15-27(30)32(36)39-7-2)21-31(35)33-28(19-23(3)4)26-12-8-9-13-29(26)34-17-10-11-24(22-34)16-18-37-5/h8-9,12-15,20,23-24,28H,6-7,10-11,16-19,21-22H2,1-5H3,(H,33,35). The van der Waals surface area contributed by atoms with Crippen LogP contribution in [0.25, 0.3) is 0 Å². The maximum atomic E-state index is 13.4. The summed E-state index contributed by atoms with van der Waals surface area (Å²) in [5.74, 6) is 0.985. The van der Waals surface area contributed by atoms with Crippen LogP contribution in [0.1, 0.15) is 80.9 Å². The van der Waals surface area contributed by atoms with Crippen molar-refractivity contribution in [2.75, 3.05) is 44.9 Å². The van der Waals surface area contributed by atoms with Crippen molar-refractivity contribution in [2.24, 2.45) is 11.8 Å². The molecule has 1 amide bonds. The molecule has 1 aliphatic rings. The third-order valence-corrected chi connectivity index (χ3v) is 7.15. The molecule has 0 aliphatic carbocycles. The number of rotatable bonds is 14. The second kappa shape index (κ2) is 15.5. The number of ether oxygens (including phenoxy) is 3. The van der Waals surface area contributed by atoms with E-state index < -0.39 is 5.97 Å². The van der Waals surface area contributed by atoms with Crippen molar-refractivity contribution in [3.63, 3.8) is 0 Å². The molecule has 1 fully saturated rings. The van der Waals surface area contributed by atoms with E-state index in [-0.39, 0.29) is 18.4 Å². The summed E-state index contributed by atoms with van der Waals surface area (Å²) in [5.41, 5.74) is 3.54. The molecule has 1 N–H and O–H groups in total. The van der Waals surface area contributed by atoms with Crippen molar-refractivity contribution >= 4 is 17.6 Å². The molecule has 3 rings (SSSR count). The van der Waals surface area contributed by atoms with Crippen LogP contribution < -0.4 is 15.0 Å². The second-order valence-electron chi connectivity index (χ2n) is 10.7. The lowest BCUT2D eigenvalue weighted by Crippen LogP contribution is -2.38. The van der Waals surface area contributed by atoms with Gasteiger partial charge in [0.2, 0.25) is 5.91 Å². The fourth-order valence-electron chi connectivity index (χ4n) is 5.37. The largest absolute Gasteiger partial charge is 0.493 e. The normalized spacial score (nSPS) is 16.2. The average molecular weight is 539 g/mol. The van der Waals surface area contributed by atoms with E-state index in [4.69, 9.17) is 14.2 Å². The summed E-state index contributed by atoms with van der Waals surface area (Å²) in [7, 11) is 1.77. The Bertz CT molecular complexity index is 1070. The van der Waals surface area contributed by atoms with Gasteiger partial charge in [-0.05, 0) is 80.7 Å². The van der Waals surface area contributed by atoms with Gasteiger partial charge >= 0.3 is 5.97 Å². The molecule has 2 aromatic rings. The monoisotopic (exact) mass is 538 g/mol. The maximum absolute atomic E-state index is 13.4. The number of esters is 1. The molecule has 2 atom stereocenters. The first-order valence-corrected chi connectivity index (χ1v) is 14.4. The number of carbonyl (C=O) groups excluding carboxylic acids is 2. The van der Waals surface area contributed by atoms with Gasteiger partial charge in [0.05, 0.1) is 25.7 Å². The Morgan fingerprint density at radius 1 is 1.10 bits per heavy atom. The third-order valence-electron chi connectivity index (χ3n) is 7.15. The van der Waals surface area contributed by atoms with E-state index in [1.54, 1.807) is 32.2 Å². The highest BCUT2D eigenvalue weighted by Crippen LogP contribution is 2.34. The lowest BCUT2D eigenvalue weighted by Gasteiger charge is -2.37. The zero-order chi connectivity index (χ0) is 28.2. The number of amides is 1. The fourth-order valence-corrected chi connectivity index (χ4v) is 5.37. The summed E-state index contributed by atoms with van der Waals surface area (Å²) in [6.07, 6.45) is 4.50. The molecule has 1 saturated heterocycles. The number of benzene rings is 2. The number of para-hydroxylation sites is 1. The van der Waals surface area contributed by atoms with Crippen LogP contribution in [-0.4, -0.2) is 51.9 Å². The fraction of sp³-hybridized carbons (Fsp3) is 0.562. The molecule has 0 radical (unpaired) electrons. The third kappa shape index (κ3) is 8.99. The number of hydrogen-bond donors (Lipinski definition) is 1. The van der Waals surface area contributed by atoms with Crippen LogP contribution in [-0.2, 0) is 20.7 Å². The first kappa shape index (κ1) is 30.5. The Labute approximate surface area is 234 Å². The van der Waals surface area contributed by atoms with Gasteiger partial charge in [0.15, 0.2) is 0 Å². The number of hydrogen-bond acceptors (Lipinski definition) is 6. The van der Waals surface area contributed by atoms with Crippen LogP contribution in [0, 0.1) is 11.8 Å². The van der Waals surface area contributed by atoms with Gasteiger partial charge in [-0.1, -0.05) is 38.1 Å². The van der Waals surface area contributed by atoms with Gasteiger partial charge in [-0.3, -0.25) is 4.79 Å². The molecule has 0 spiro atoms. The zero-order valence-electron chi connectivity index (χ0n) is 24.3. The van der Waals surface area contributed by atoms with E-state index in [1.807, 2.05) is 6.92 Å². The van der Waals surface area contributed by atoms with E-state index in [0.29, 0.717) is 36.4 Å². The van der Waals surface area contributed by atoms with E-state index in [9.17, 15) is 9.59 Å². The minimum atomic E-state index is -0.423. The molecule has 2 unspecified atom stereocenters. The van der Waals surface area contributed by atoms with Crippen molar-refractivity contribution in [2.45, 2.75) is 65.8 Å². The van der Waals surface area contributed by atoms with Crippen molar-refractivity contribution in [1.82, 2.24) is 5.32 Å². The summed E-state index contributed by atoms with van der Waals surface area (Å²) >= 11 is 0. The first-order valence-electron chi connectivity index (χ1n) is 14.4. The lowest BCUT2D eigenvalue weighted by molar-refractivity contribution is -0.121. The van der Waals surface area contributed by atoms with Gasteiger partial charge in [-0.15, -0.1) is 0 Å². The number of carbonyl (C=O) groups is 2. The predicted octanol–water partition coefficient (Wildman–Crippen LogP) is 5.96. The van der Waals surface area contributed by atoms with Crippen molar-refractivity contribution < 1.29 is 23.8 Å². The van der Waals surface area contributed by atoms with Gasteiger partial charge in [0.1, 0.15) is 11.3 Å². The molecular formula is C32H46N2O5. The summed E-state index contributed by atoms with van der Waals surface area (Å²) in [6.45, 7) is 11.5. The van der Waals surface area contributed by atoms with E-state index in [1.165, 1.54) is 17.7 Å². The van der Waals surface area contributed by atoms with Gasteiger partial charge in [-0.25, -0.2) is 4.79 Å². The van der Waals surface area contributed by atoms with Crippen molar-refractivity contribution in [3.05, 3.63) is 59.2 Å². The van der Waals surface area contributed by atoms with Crippen molar-refractivity contribution in [1.29, 1.82) is 0 Å². The molecule has 2 aromatic carbocycles. The van der Waals surface area contributed by atoms with E-state index in [0.717, 1.165) is 44.5 Å². The highest BCUT2D eigenvalue weighted by Gasteiger charge is 2.26. The first-order chi connectivity index (χ1) is 18.9. The zero-order valence-corrected chi connectivity index (χ0v) is 24.3. The van der Waals surface area contributed by atoms with E-state index >= 15 is 0 Å². The van der Waals surface area contributed by atoms with Crippen LogP contribution >= 0.6 is 0 Å². The molecule has 7 heteroatoms. The lowest BCUT2D eigenvalue weighted by atomic mass is 9.91. The van der Waals surface area contributed by atoms with Gasteiger partial charge in [0, 0.05) is 32.5 Å². The number of piperidine rings is 1. The number of methoxy groups -OCH3 is 1. The number of nitrogens with one attached hydrogen (secondary N) is 1. The van der Waals surface area contributed by atoms with Crippen LogP contribution in [0.15, 0.2) is 42.5 Å². The molecule has 7 nitrogen and oxygen atoms in total. The molecule has 0 saturated carbocycles. The Morgan fingerprint density at radius 2 is 1.90 bits per heavy atom. The van der Waals surface area contributed by atoms with Gasteiger partial charge < -0.3 is 24.4 Å². The summed E-state index contributed by atoms with van der Waals surface area (Å²) in [5, 5.41) is 3.33. The Hall–Kier alpha value is -3.06. The number of anilines is 1. The van der Waals surface area contributed by atoms with Gasteiger partial charge in [0.25, 0.3) is 0 Å². The topological polar surface area (TPSA) is 77.1 Å². The quantitative estimate of drug-likeness (QED) is 0.299. The van der Waals surface area contributed by atoms with Crippen LogP contribution in [0.5, 0.6) is 5.75 Å². The Balaban J connectivity index is 1.79. The molecule has 39 heavy (non-hydrogen) atoms. The highest BCUT2D eigenvalue weighted by atomic mass is 16.5. The smallest absolute Gasteiger partial charge is 0.341 e. The van der Waals surface area contributed by atoms with Gasteiger partial charge in [-0.2, -0.15) is 0 Å². The molecular weight excluding hydrogens is 492 g/mol. The van der Waals surface area contributed by atoms with Crippen LogP contribution in [0.3, 0.4) is 0 Å². The van der Waals surface area contributed by atoms with Crippen molar-refractivity contribution in [3.8, 4) is 5.75 Å². The summed E-state index contributed by atoms with van der Waals surface area (Å²) in [6, 6.07) is 13.7. The van der Waals surface area contributed by atoms with Crippen LogP contribution in [0.2, 0.25) is 0 Å². The molecule has 1 heterocycles.